The number of halogens is 2. The summed E-state index contributed by atoms with van der Waals surface area (Å²) in [6, 6.07) is 11.8. The molecule has 12 heteroatoms. The van der Waals surface area contributed by atoms with Gasteiger partial charge < -0.3 is 10.1 Å². The molecule has 3 aromatic heterocycles. The van der Waals surface area contributed by atoms with E-state index in [0.29, 0.717) is 17.9 Å². The van der Waals surface area contributed by atoms with Crippen LogP contribution in [-0.2, 0) is 13.6 Å². The summed E-state index contributed by atoms with van der Waals surface area (Å²) in [7, 11) is 1.78. The van der Waals surface area contributed by atoms with Gasteiger partial charge in [0.15, 0.2) is 11.6 Å². The van der Waals surface area contributed by atoms with Crippen molar-refractivity contribution in [1.29, 1.82) is 0 Å². The van der Waals surface area contributed by atoms with Crippen LogP contribution in [0.4, 0.5) is 14.5 Å². The number of rotatable bonds is 8. The Morgan fingerprint density at radius 2 is 1.80 bits per heavy atom. The smallest absolute Gasteiger partial charge is 0.335 e. The fraction of sp³-hybridized carbons (Fsp3) is 0.138. The SMILES string of the molecule is CCCn1cc(C(=O)Nc2ccc(Oc3ccnc(-c4cnn(C)c4)c3)c(F)c2)c(=O)n(-c2ccc(F)cc2)c1=O. The normalized spacial score (nSPS) is 10.9. The molecule has 0 bridgehead atoms. The number of hydrogen-bond donors (Lipinski definition) is 1. The highest BCUT2D eigenvalue weighted by molar-refractivity contribution is 6.03. The molecule has 0 aliphatic rings. The van der Waals surface area contributed by atoms with Gasteiger partial charge in [-0.05, 0) is 48.9 Å². The summed E-state index contributed by atoms with van der Waals surface area (Å²) in [5.74, 6) is -1.91. The topological polar surface area (TPSA) is 113 Å². The van der Waals surface area contributed by atoms with Crippen molar-refractivity contribution in [2.75, 3.05) is 5.32 Å². The first-order chi connectivity index (χ1) is 19.7. The van der Waals surface area contributed by atoms with Gasteiger partial charge in [-0.25, -0.2) is 18.1 Å². The van der Waals surface area contributed by atoms with E-state index in [4.69, 9.17) is 4.74 Å². The van der Waals surface area contributed by atoms with Crippen LogP contribution in [0.25, 0.3) is 16.9 Å². The molecule has 3 heterocycles. The van der Waals surface area contributed by atoms with Gasteiger partial charge in [0.05, 0.1) is 17.6 Å². The molecule has 1 amide bonds. The van der Waals surface area contributed by atoms with Gasteiger partial charge >= 0.3 is 5.69 Å². The molecule has 0 saturated heterocycles. The summed E-state index contributed by atoms with van der Waals surface area (Å²) in [5, 5.41) is 6.61. The van der Waals surface area contributed by atoms with E-state index in [1.54, 1.807) is 36.3 Å². The Bertz CT molecular complexity index is 1860. The third kappa shape index (κ3) is 5.81. The number of carbonyl (C=O) groups excluding carboxylic acids is 1. The van der Waals surface area contributed by atoms with Crippen LogP contribution in [0.2, 0.25) is 0 Å². The van der Waals surface area contributed by atoms with E-state index in [-0.39, 0.29) is 29.2 Å². The Balaban J connectivity index is 1.40. The monoisotopic (exact) mass is 558 g/mol. The Morgan fingerprint density at radius 1 is 1.02 bits per heavy atom. The van der Waals surface area contributed by atoms with E-state index >= 15 is 0 Å². The van der Waals surface area contributed by atoms with Crippen molar-refractivity contribution in [3.05, 3.63) is 117 Å². The largest absolute Gasteiger partial charge is 0.454 e. The van der Waals surface area contributed by atoms with Gasteiger partial charge in [0.2, 0.25) is 0 Å². The molecule has 0 saturated carbocycles. The van der Waals surface area contributed by atoms with Crippen molar-refractivity contribution in [3.63, 3.8) is 0 Å². The summed E-state index contributed by atoms with van der Waals surface area (Å²) in [6.07, 6.45) is 6.68. The lowest BCUT2D eigenvalue weighted by molar-refractivity contribution is 0.102. The fourth-order valence-electron chi connectivity index (χ4n) is 4.15. The third-order valence-electron chi connectivity index (χ3n) is 6.10. The van der Waals surface area contributed by atoms with Gasteiger partial charge in [0.1, 0.15) is 17.1 Å². The lowest BCUT2D eigenvalue weighted by Crippen LogP contribution is -2.42. The van der Waals surface area contributed by atoms with Crippen LogP contribution in [-0.4, -0.2) is 29.8 Å². The van der Waals surface area contributed by atoms with E-state index in [2.05, 4.69) is 15.4 Å². The molecular weight excluding hydrogens is 534 g/mol. The van der Waals surface area contributed by atoms with Gasteiger partial charge in [-0.15, -0.1) is 0 Å². The molecule has 0 radical (unpaired) electrons. The van der Waals surface area contributed by atoms with Crippen LogP contribution in [0.5, 0.6) is 11.5 Å². The number of nitrogens with zero attached hydrogens (tertiary/aromatic N) is 5. The summed E-state index contributed by atoms with van der Waals surface area (Å²) in [5.41, 5.74) is -0.383. The van der Waals surface area contributed by atoms with E-state index in [0.717, 1.165) is 28.3 Å². The number of ether oxygens (including phenoxy) is 1. The van der Waals surface area contributed by atoms with Crippen LogP contribution < -0.4 is 21.3 Å². The molecule has 41 heavy (non-hydrogen) atoms. The first-order valence-corrected chi connectivity index (χ1v) is 12.6. The maximum atomic E-state index is 15.0. The van der Waals surface area contributed by atoms with Crippen LogP contribution in [0, 0.1) is 11.6 Å². The fourth-order valence-corrected chi connectivity index (χ4v) is 4.15. The minimum atomic E-state index is -0.894. The maximum Gasteiger partial charge on any atom is 0.335 e. The zero-order valence-corrected chi connectivity index (χ0v) is 22.0. The number of aryl methyl sites for hydroxylation is 2. The number of carbonyl (C=O) groups is 1. The molecule has 0 fully saturated rings. The highest BCUT2D eigenvalue weighted by Crippen LogP contribution is 2.29. The minimum absolute atomic E-state index is 0.0617. The van der Waals surface area contributed by atoms with Crippen molar-refractivity contribution < 1.29 is 18.3 Å². The first kappa shape index (κ1) is 27.2. The maximum absolute atomic E-state index is 15.0. The quantitative estimate of drug-likeness (QED) is 0.300. The molecular formula is C29H24F2N6O4. The second-order valence-electron chi connectivity index (χ2n) is 9.12. The lowest BCUT2D eigenvalue weighted by Gasteiger charge is -2.13. The number of amides is 1. The van der Waals surface area contributed by atoms with E-state index in [1.807, 2.05) is 6.92 Å². The standard InChI is InChI=1S/C29H24F2N6O4/c1-3-12-36-17-23(28(39)37(29(36)40)21-7-4-19(30)5-8-21)27(38)34-20-6-9-26(24(31)13-20)41-22-10-11-32-25(14-22)18-15-33-35(2)16-18/h4-11,13-17H,3,12H2,1-2H3,(H,34,38). The lowest BCUT2D eigenvalue weighted by atomic mass is 10.2. The molecule has 5 rings (SSSR count). The minimum Gasteiger partial charge on any atom is -0.454 e. The predicted octanol–water partition coefficient (Wildman–Crippen LogP) is 4.53. The Morgan fingerprint density at radius 3 is 2.49 bits per heavy atom. The van der Waals surface area contributed by atoms with Gasteiger partial charge in [-0.1, -0.05) is 6.92 Å². The summed E-state index contributed by atoms with van der Waals surface area (Å²) < 4.78 is 37.8. The predicted molar refractivity (Wildman–Crippen MR) is 147 cm³/mol. The van der Waals surface area contributed by atoms with Crippen molar-refractivity contribution in [1.82, 2.24) is 23.9 Å². The molecule has 5 aromatic rings. The number of pyridine rings is 1. The second-order valence-corrected chi connectivity index (χ2v) is 9.12. The highest BCUT2D eigenvalue weighted by atomic mass is 19.1. The van der Waals surface area contributed by atoms with Crippen molar-refractivity contribution in [2.24, 2.45) is 7.05 Å². The number of hydrogen-bond acceptors (Lipinski definition) is 6. The Hall–Kier alpha value is -5.39. The van der Waals surface area contributed by atoms with Crippen molar-refractivity contribution >= 4 is 11.6 Å². The summed E-state index contributed by atoms with van der Waals surface area (Å²) in [6.45, 7) is 2.07. The zero-order chi connectivity index (χ0) is 29.1. The first-order valence-electron chi connectivity index (χ1n) is 12.6. The molecule has 10 nitrogen and oxygen atoms in total. The van der Waals surface area contributed by atoms with Crippen LogP contribution in [0.15, 0.2) is 89.0 Å². The molecule has 208 valence electrons. The average molecular weight is 559 g/mol. The van der Waals surface area contributed by atoms with Crippen LogP contribution in [0.3, 0.4) is 0 Å². The van der Waals surface area contributed by atoms with Gasteiger partial charge in [0.25, 0.3) is 11.5 Å². The number of nitrogens with one attached hydrogen (secondary N) is 1. The second kappa shape index (κ2) is 11.4. The Labute approximate surface area is 232 Å². The molecule has 1 N–H and O–H groups in total. The van der Waals surface area contributed by atoms with Crippen LogP contribution in [0.1, 0.15) is 23.7 Å². The third-order valence-corrected chi connectivity index (χ3v) is 6.10. The van der Waals surface area contributed by atoms with Crippen molar-refractivity contribution in [2.45, 2.75) is 19.9 Å². The van der Waals surface area contributed by atoms with Crippen LogP contribution >= 0.6 is 0 Å². The van der Waals surface area contributed by atoms with E-state index < -0.39 is 28.8 Å². The molecule has 0 aliphatic heterocycles. The van der Waals surface area contributed by atoms with Gasteiger partial charge in [-0.3, -0.25) is 23.8 Å². The summed E-state index contributed by atoms with van der Waals surface area (Å²) in [4.78, 5) is 43.6. The zero-order valence-electron chi connectivity index (χ0n) is 22.0. The number of anilines is 1. The highest BCUT2D eigenvalue weighted by Gasteiger charge is 2.19. The summed E-state index contributed by atoms with van der Waals surface area (Å²) >= 11 is 0. The average Bonchev–Trinajstić information content (AvgIpc) is 3.39. The van der Waals surface area contributed by atoms with Crippen molar-refractivity contribution in [3.8, 4) is 28.4 Å². The number of aromatic nitrogens is 5. The van der Waals surface area contributed by atoms with Gasteiger partial charge in [0, 0.05) is 55.6 Å². The number of benzene rings is 2. The van der Waals surface area contributed by atoms with E-state index in [1.165, 1.54) is 41.2 Å². The molecule has 0 aliphatic carbocycles. The van der Waals surface area contributed by atoms with E-state index in [9.17, 15) is 23.2 Å². The molecule has 2 aromatic carbocycles. The molecule has 0 atom stereocenters. The van der Waals surface area contributed by atoms with Gasteiger partial charge in [-0.2, -0.15) is 5.10 Å². The Kier molecular flexibility index (Phi) is 7.55. The molecule has 0 spiro atoms. The molecule has 0 unspecified atom stereocenters.